The van der Waals surface area contributed by atoms with Crippen molar-refractivity contribution in [2.24, 2.45) is 16.7 Å². The van der Waals surface area contributed by atoms with Crippen LogP contribution >= 0.6 is 0 Å². The molecule has 0 unspecified atom stereocenters. The monoisotopic (exact) mass is 420 g/mol. The van der Waals surface area contributed by atoms with Crippen LogP contribution in [-0.2, 0) is 19.5 Å². The fourth-order valence-corrected chi connectivity index (χ4v) is 3.66. The average molecular weight is 421 g/mol. The molecule has 3 rings (SSSR count). The molecule has 0 saturated carbocycles. The summed E-state index contributed by atoms with van der Waals surface area (Å²) in [5.74, 6) is 5.60. The lowest BCUT2D eigenvalue weighted by molar-refractivity contribution is 0.591. The zero-order chi connectivity index (χ0) is 22.2. The molecule has 0 atom stereocenters. The number of nitrogens with zero attached hydrogens (tertiary/aromatic N) is 4. The van der Waals surface area contributed by atoms with Gasteiger partial charge in [0.05, 0.1) is 12.2 Å². The molecule has 0 aliphatic heterocycles. The molecule has 2 heterocycles. The largest absolute Gasteiger partial charge is 0.382 e. The van der Waals surface area contributed by atoms with E-state index < -0.39 is 0 Å². The Labute approximate surface area is 183 Å². The number of hydrogen-bond donors (Lipinski definition) is 2. The molecule has 7 nitrogen and oxygen atoms in total. The summed E-state index contributed by atoms with van der Waals surface area (Å²) in [5.41, 5.74) is 10.5. The highest BCUT2D eigenvalue weighted by molar-refractivity contribution is 6.02. The Morgan fingerprint density at radius 3 is 2.52 bits per heavy atom. The van der Waals surface area contributed by atoms with Gasteiger partial charge in [-0.2, -0.15) is 5.10 Å². The number of pyridine rings is 1. The lowest BCUT2D eigenvalue weighted by Crippen LogP contribution is -2.25. The fraction of sp³-hybridized carbons (Fsp3) is 0.375. The second kappa shape index (κ2) is 10.6. The highest BCUT2D eigenvalue weighted by Gasteiger charge is 2.13. The maximum Gasteiger partial charge on any atom is 0.328 e. The number of aromatic nitrogens is 3. The highest BCUT2D eigenvalue weighted by atomic mass is 16.1. The van der Waals surface area contributed by atoms with Crippen molar-refractivity contribution in [2.45, 2.75) is 59.0 Å². The molecule has 0 spiro atoms. The summed E-state index contributed by atoms with van der Waals surface area (Å²) in [5, 5.41) is 3.60. The molecule has 0 bridgehead atoms. The molecule has 0 amide bonds. The van der Waals surface area contributed by atoms with Crippen molar-refractivity contribution in [3.05, 3.63) is 76.1 Å². The van der Waals surface area contributed by atoms with Gasteiger partial charge in [-0.05, 0) is 37.0 Å². The van der Waals surface area contributed by atoms with E-state index >= 15 is 0 Å². The van der Waals surface area contributed by atoms with Crippen molar-refractivity contribution in [3.63, 3.8) is 0 Å². The summed E-state index contributed by atoms with van der Waals surface area (Å²) in [6.07, 6.45) is 8.92. The number of aryl methyl sites for hydroxylation is 2. The molecule has 2 aromatic heterocycles. The number of hydrazone groups is 1. The predicted octanol–water partition coefficient (Wildman–Crippen LogP) is 3.48. The Balaban J connectivity index is 1.88. The van der Waals surface area contributed by atoms with Crippen LogP contribution in [0.1, 0.15) is 56.4 Å². The Kier molecular flexibility index (Phi) is 7.65. The van der Waals surface area contributed by atoms with E-state index in [2.05, 4.69) is 23.9 Å². The molecule has 0 aliphatic carbocycles. The van der Waals surface area contributed by atoms with Gasteiger partial charge in [-0.1, -0.05) is 51.0 Å². The molecule has 4 N–H and O–H groups in total. The lowest BCUT2D eigenvalue weighted by atomic mass is 10.0. The minimum Gasteiger partial charge on any atom is -0.382 e. The van der Waals surface area contributed by atoms with E-state index in [1.165, 1.54) is 0 Å². The van der Waals surface area contributed by atoms with Crippen molar-refractivity contribution in [1.29, 1.82) is 0 Å². The number of nitrogens with two attached hydrogens (primary N) is 2. The minimum absolute atomic E-state index is 0.0718. The Morgan fingerprint density at radius 2 is 1.84 bits per heavy atom. The third-order valence-corrected chi connectivity index (χ3v) is 5.46. The number of rotatable bonds is 10. The van der Waals surface area contributed by atoms with E-state index in [1.807, 2.05) is 45.7 Å². The van der Waals surface area contributed by atoms with Gasteiger partial charge in [0.1, 0.15) is 0 Å². The molecule has 1 aromatic carbocycles. The van der Waals surface area contributed by atoms with Gasteiger partial charge in [0.15, 0.2) is 5.84 Å². The first-order chi connectivity index (χ1) is 15.1. The van der Waals surface area contributed by atoms with Crippen LogP contribution in [0.2, 0.25) is 0 Å². The van der Waals surface area contributed by atoms with E-state index in [0.717, 1.165) is 61.2 Å². The van der Waals surface area contributed by atoms with E-state index in [4.69, 9.17) is 11.6 Å². The molecule has 3 aromatic rings. The zero-order valence-corrected chi connectivity index (χ0v) is 18.4. The number of benzene rings is 1. The van der Waals surface area contributed by atoms with Crippen LogP contribution in [0.4, 0.5) is 0 Å². The second-order valence-electron chi connectivity index (χ2n) is 7.75. The van der Waals surface area contributed by atoms with Crippen LogP contribution in [-0.4, -0.2) is 20.0 Å². The van der Waals surface area contributed by atoms with Crippen LogP contribution in [0, 0.1) is 0 Å². The van der Waals surface area contributed by atoms with Crippen LogP contribution in [0.3, 0.4) is 0 Å². The second-order valence-corrected chi connectivity index (χ2v) is 7.75. The third-order valence-electron chi connectivity index (χ3n) is 5.46. The normalized spacial score (nSPS) is 11.7. The molecular formula is C24H32N6O. The van der Waals surface area contributed by atoms with Gasteiger partial charge >= 0.3 is 5.69 Å². The van der Waals surface area contributed by atoms with E-state index in [1.54, 1.807) is 12.3 Å². The molecule has 0 radical (unpaired) electrons. The first-order valence-electron chi connectivity index (χ1n) is 11.0. The van der Waals surface area contributed by atoms with Gasteiger partial charge in [-0.15, -0.1) is 0 Å². The van der Waals surface area contributed by atoms with Crippen molar-refractivity contribution in [1.82, 2.24) is 14.1 Å². The van der Waals surface area contributed by atoms with Gasteiger partial charge in [0.25, 0.3) is 0 Å². The minimum atomic E-state index is 0.0718. The quantitative estimate of drug-likeness (QED) is 0.227. The maximum atomic E-state index is 13.0. The first-order valence-corrected chi connectivity index (χ1v) is 11.0. The first kappa shape index (κ1) is 22.3. The summed E-state index contributed by atoms with van der Waals surface area (Å²) in [6.45, 7) is 5.64. The van der Waals surface area contributed by atoms with Crippen LogP contribution < -0.4 is 17.3 Å². The summed E-state index contributed by atoms with van der Waals surface area (Å²) in [6, 6.07) is 11.7. The number of hydrogen-bond acceptors (Lipinski definition) is 4. The number of imidazole rings is 1. The van der Waals surface area contributed by atoms with E-state index in [9.17, 15) is 4.79 Å². The summed E-state index contributed by atoms with van der Waals surface area (Å²) in [4.78, 5) is 17.4. The number of amidine groups is 1. The van der Waals surface area contributed by atoms with Crippen molar-refractivity contribution in [2.75, 3.05) is 0 Å². The Bertz CT molecular complexity index is 1080. The van der Waals surface area contributed by atoms with Gasteiger partial charge in [-0.25, -0.2) is 4.79 Å². The van der Waals surface area contributed by atoms with Crippen LogP contribution in [0.25, 0.3) is 11.3 Å². The maximum absolute atomic E-state index is 13.0. The Hall–Kier alpha value is -3.35. The highest BCUT2D eigenvalue weighted by Crippen LogP contribution is 2.22. The molecule has 7 heteroatoms. The SMILES string of the molecule is CCCCc1cn(CCCC)c(=O)n1Cc1ccc(-c2ncccc2/C(N)=N/N)cc1. The molecule has 0 aliphatic rings. The molecule has 0 fully saturated rings. The third kappa shape index (κ3) is 5.23. The lowest BCUT2D eigenvalue weighted by Gasteiger charge is -2.10. The smallest absolute Gasteiger partial charge is 0.328 e. The molecule has 0 saturated heterocycles. The van der Waals surface area contributed by atoms with Gasteiger partial charge in [0.2, 0.25) is 0 Å². The van der Waals surface area contributed by atoms with Crippen LogP contribution in [0.15, 0.2) is 58.7 Å². The molecule has 31 heavy (non-hydrogen) atoms. The van der Waals surface area contributed by atoms with Gasteiger partial charge in [-0.3, -0.25) is 14.1 Å². The fourth-order valence-electron chi connectivity index (χ4n) is 3.66. The molecule has 164 valence electrons. The summed E-state index contributed by atoms with van der Waals surface area (Å²) in [7, 11) is 0. The standard InChI is InChI=1S/C24H32N6O/c1-3-5-8-20-17-29(15-6-4-2)24(31)30(20)16-18-10-12-19(13-11-18)22-21(23(25)28-26)9-7-14-27-22/h7,9-14,17H,3-6,8,15-16,26H2,1-2H3,(H2,25,28). The van der Waals surface area contributed by atoms with Crippen molar-refractivity contribution < 1.29 is 0 Å². The predicted molar refractivity (Wildman–Crippen MR) is 126 cm³/mol. The van der Waals surface area contributed by atoms with Crippen molar-refractivity contribution >= 4 is 5.84 Å². The van der Waals surface area contributed by atoms with Gasteiger partial charge < -0.3 is 11.6 Å². The van der Waals surface area contributed by atoms with Gasteiger partial charge in [0, 0.05) is 35.8 Å². The van der Waals surface area contributed by atoms with Crippen molar-refractivity contribution in [3.8, 4) is 11.3 Å². The summed E-state index contributed by atoms with van der Waals surface area (Å²) < 4.78 is 3.77. The van der Waals surface area contributed by atoms with E-state index in [0.29, 0.717) is 12.1 Å². The average Bonchev–Trinajstić information content (AvgIpc) is 3.10. The summed E-state index contributed by atoms with van der Waals surface area (Å²) >= 11 is 0. The zero-order valence-electron chi connectivity index (χ0n) is 18.4. The Morgan fingerprint density at radius 1 is 1.10 bits per heavy atom. The topological polar surface area (TPSA) is 104 Å². The van der Waals surface area contributed by atoms with Crippen LogP contribution in [0.5, 0.6) is 0 Å². The number of unbranched alkanes of at least 4 members (excludes halogenated alkanes) is 2. The molecular weight excluding hydrogens is 388 g/mol. The van der Waals surface area contributed by atoms with E-state index in [-0.39, 0.29) is 11.5 Å².